The Bertz CT molecular complexity index is 1430. The van der Waals surface area contributed by atoms with Gasteiger partial charge < -0.3 is 24.2 Å². The summed E-state index contributed by atoms with van der Waals surface area (Å²) in [7, 11) is 0. The van der Waals surface area contributed by atoms with E-state index in [1.54, 1.807) is 18.2 Å². The summed E-state index contributed by atoms with van der Waals surface area (Å²) in [6.07, 6.45) is 0. The van der Waals surface area contributed by atoms with Gasteiger partial charge in [0.25, 0.3) is 11.7 Å². The fraction of sp³-hybridized carbons (Fsp3) is 0.312. The van der Waals surface area contributed by atoms with E-state index in [0.717, 1.165) is 16.7 Å². The second-order valence-electron chi connectivity index (χ2n) is 10.7. The normalized spacial score (nSPS) is 18.4. The van der Waals surface area contributed by atoms with Gasteiger partial charge in [-0.05, 0) is 59.4 Å². The number of carbonyl (C=O) groups is 2. The van der Waals surface area contributed by atoms with Crippen LogP contribution in [0.15, 0.2) is 72.3 Å². The molecule has 1 fully saturated rings. The summed E-state index contributed by atoms with van der Waals surface area (Å²) < 4.78 is 16.9. The van der Waals surface area contributed by atoms with Gasteiger partial charge in [0.1, 0.15) is 24.7 Å². The van der Waals surface area contributed by atoms with Crippen LogP contribution in [-0.4, -0.2) is 41.5 Å². The first-order valence-electron chi connectivity index (χ1n) is 13.2. The van der Waals surface area contributed by atoms with Crippen LogP contribution >= 0.6 is 0 Å². The van der Waals surface area contributed by atoms with Crippen molar-refractivity contribution < 1.29 is 28.9 Å². The maximum absolute atomic E-state index is 13.5. The molecule has 2 aliphatic rings. The van der Waals surface area contributed by atoms with Crippen LogP contribution < -0.4 is 14.2 Å². The number of benzene rings is 3. The molecule has 0 spiro atoms. The van der Waals surface area contributed by atoms with E-state index in [9.17, 15) is 14.7 Å². The molecule has 1 atom stereocenters. The third kappa shape index (κ3) is 5.21. The van der Waals surface area contributed by atoms with E-state index in [4.69, 9.17) is 14.2 Å². The highest BCUT2D eigenvalue weighted by Crippen LogP contribution is 2.42. The van der Waals surface area contributed by atoms with Crippen LogP contribution in [0.4, 0.5) is 0 Å². The first-order chi connectivity index (χ1) is 18.7. The molecule has 3 aromatic carbocycles. The van der Waals surface area contributed by atoms with Gasteiger partial charge in [-0.3, -0.25) is 9.59 Å². The average molecular weight is 528 g/mol. The maximum atomic E-state index is 13.5. The van der Waals surface area contributed by atoms with Gasteiger partial charge in [0.15, 0.2) is 11.5 Å². The van der Waals surface area contributed by atoms with Crippen LogP contribution in [0, 0.1) is 0 Å². The van der Waals surface area contributed by atoms with Crippen molar-refractivity contribution in [2.24, 2.45) is 0 Å². The van der Waals surface area contributed by atoms with E-state index in [0.29, 0.717) is 42.6 Å². The molecule has 7 nitrogen and oxygen atoms in total. The van der Waals surface area contributed by atoms with Crippen molar-refractivity contribution in [3.63, 3.8) is 0 Å². The number of Topliss-reactive ketones (excluding diaryl/α,β-unsaturated/α-hetero) is 1. The third-order valence-corrected chi connectivity index (χ3v) is 7.01. The van der Waals surface area contributed by atoms with Gasteiger partial charge in [0, 0.05) is 12.1 Å². The number of nitrogens with zero attached hydrogens (tertiary/aromatic N) is 1. The SMILES string of the molecule is CCOc1cccc(CN2C(=O)C(=O)/C(=C(\O)c3ccc4c(c3)OCCO4)C2c2ccc(C(C)(C)C)cc2)c1. The smallest absolute Gasteiger partial charge is 0.295 e. The van der Waals surface area contributed by atoms with Crippen molar-refractivity contribution in [1.82, 2.24) is 4.90 Å². The number of aliphatic hydroxyl groups is 1. The lowest BCUT2D eigenvalue weighted by atomic mass is 9.85. The van der Waals surface area contributed by atoms with E-state index in [-0.39, 0.29) is 23.3 Å². The third-order valence-electron chi connectivity index (χ3n) is 7.01. The lowest BCUT2D eigenvalue weighted by Crippen LogP contribution is -2.29. The number of rotatable bonds is 6. The molecule has 0 bridgehead atoms. The van der Waals surface area contributed by atoms with E-state index in [1.165, 1.54) is 4.90 Å². The lowest BCUT2D eigenvalue weighted by Gasteiger charge is -2.27. The highest BCUT2D eigenvalue weighted by molar-refractivity contribution is 6.46. The molecule has 7 heteroatoms. The van der Waals surface area contributed by atoms with Crippen LogP contribution in [0.5, 0.6) is 17.2 Å². The van der Waals surface area contributed by atoms with Crippen LogP contribution in [0.25, 0.3) is 5.76 Å². The fourth-order valence-corrected chi connectivity index (χ4v) is 5.00. The number of ketones is 1. The summed E-state index contributed by atoms with van der Waals surface area (Å²) in [6.45, 7) is 9.81. The van der Waals surface area contributed by atoms with Gasteiger partial charge in [0.2, 0.25) is 0 Å². The van der Waals surface area contributed by atoms with Crippen molar-refractivity contribution in [1.29, 1.82) is 0 Å². The summed E-state index contributed by atoms with van der Waals surface area (Å²) >= 11 is 0. The second kappa shape index (κ2) is 10.5. The highest BCUT2D eigenvalue weighted by Gasteiger charge is 2.46. The van der Waals surface area contributed by atoms with E-state index < -0.39 is 17.7 Å². The van der Waals surface area contributed by atoms with Gasteiger partial charge in [-0.15, -0.1) is 0 Å². The molecular weight excluding hydrogens is 494 g/mol. The van der Waals surface area contributed by atoms with Crippen molar-refractivity contribution in [3.8, 4) is 17.2 Å². The summed E-state index contributed by atoms with van der Waals surface area (Å²) in [4.78, 5) is 28.5. The van der Waals surface area contributed by atoms with E-state index in [1.807, 2.05) is 55.5 Å². The summed E-state index contributed by atoms with van der Waals surface area (Å²) in [6, 6.07) is 19.6. The van der Waals surface area contributed by atoms with Crippen LogP contribution in [0.3, 0.4) is 0 Å². The molecule has 1 unspecified atom stereocenters. The van der Waals surface area contributed by atoms with Crippen LogP contribution in [0.1, 0.15) is 56.0 Å². The summed E-state index contributed by atoms with van der Waals surface area (Å²) in [5.74, 6) is 0.101. The number of hydrogen-bond acceptors (Lipinski definition) is 6. The number of amides is 1. The molecule has 39 heavy (non-hydrogen) atoms. The molecule has 0 radical (unpaired) electrons. The molecule has 2 aliphatic heterocycles. The second-order valence-corrected chi connectivity index (χ2v) is 10.7. The molecular formula is C32H33NO6. The van der Waals surface area contributed by atoms with E-state index in [2.05, 4.69) is 20.8 Å². The standard InChI is InChI=1S/C32H33NO6/c1-5-37-24-8-6-7-20(17-24)19-33-28(21-9-12-23(13-10-21)32(2,3)4)27(30(35)31(33)36)29(34)22-11-14-25-26(18-22)39-16-15-38-25/h6-14,17-18,28,34H,5,15-16,19H2,1-4H3/b29-27-. The number of hydrogen-bond donors (Lipinski definition) is 1. The van der Waals surface area contributed by atoms with Crippen LogP contribution in [-0.2, 0) is 21.5 Å². The molecule has 0 aliphatic carbocycles. The van der Waals surface area contributed by atoms with Gasteiger partial charge in [-0.1, -0.05) is 57.2 Å². The Labute approximate surface area is 228 Å². The van der Waals surface area contributed by atoms with Gasteiger partial charge in [-0.25, -0.2) is 0 Å². The number of likely N-dealkylation sites (tertiary alicyclic amines) is 1. The van der Waals surface area contributed by atoms with Crippen molar-refractivity contribution in [2.75, 3.05) is 19.8 Å². The molecule has 0 aromatic heterocycles. The van der Waals surface area contributed by atoms with Gasteiger partial charge in [0.05, 0.1) is 18.2 Å². The fourth-order valence-electron chi connectivity index (χ4n) is 5.00. The van der Waals surface area contributed by atoms with Crippen molar-refractivity contribution >= 4 is 17.4 Å². The Balaban J connectivity index is 1.61. The monoisotopic (exact) mass is 527 g/mol. The quantitative estimate of drug-likeness (QED) is 0.249. The molecule has 1 N–H and O–H groups in total. The van der Waals surface area contributed by atoms with Gasteiger partial charge in [-0.2, -0.15) is 0 Å². The predicted octanol–water partition coefficient (Wildman–Crippen LogP) is 5.78. The van der Waals surface area contributed by atoms with Crippen molar-refractivity contribution in [2.45, 2.75) is 45.7 Å². The Hall–Kier alpha value is -4.26. The molecule has 1 saturated heterocycles. The van der Waals surface area contributed by atoms with Crippen molar-refractivity contribution in [3.05, 3.63) is 94.6 Å². The highest BCUT2D eigenvalue weighted by atomic mass is 16.6. The molecule has 0 saturated carbocycles. The zero-order valence-corrected chi connectivity index (χ0v) is 22.7. The number of aliphatic hydroxyl groups excluding tert-OH is 1. The first-order valence-corrected chi connectivity index (χ1v) is 13.2. The summed E-state index contributed by atoms with van der Waals surface area (Å²) in [5, 5.41) is 11.5. The summed E-state index contributed by atoms with van der Waals surface area (Å²) in [5.41, 5.74) is 3.04. The zero-order valence-electron chi connectivity index (χ0n) is 22.7. The molecule has 3 aromatic rings. The minimum Gasteiger partial charge on any atom is -0.507 e. The first kappa shape index (κ1) is 26.4. The molecule has 2 heterocycles. The Kier molecular flexibility index (Phi) is 7.08. The molecule has 202 valence electrons. The Morgan fingerprint density at radius 3 is 2.38 bits per heavy atom. The zero-order chi connectivity index (χ0) is 27.7. The number of carbonyl (C=O) groups excluding carboxylic acids is 2. The topological polar surface area (TPSA) is 85.3 Å². The Morgan fingerprint density at radius 1 is 0.974 bits per heavy atom. The Morgan fingerprint density at radius 2 is 1.69 bits per heavy atom. The number of ether oxygens (including phenoxy) is 3. The molecule has 5 rings (SSSR count). The van der Waals surface area contributed by atoms with Gasteiger partial charge >= 0.3 is 0 Å². The van der Waals surface area contributed by atoms with Crippen LogP contribution in [0.2, 0.25) is 0 Å². The largest absolute Gasteiger partial charge is 0.507 e. The lowest BCUT2D eigenvalue weighted by molar-refractivity contribution is -0.140. The van der Waals surface area contributed by atoms with E-state index >= 15 is 0 Å². The predicted molar refractivity (Wildman–Crippen MR) is 148 cm³/mol. The minimum absolute atomic E-state index is 0.0427. The maximum Gasteiger partial charge on any atom is 0.295 e. The average Bonchev–Trinajstić information content (AvgIpc) is 3.17. The molecule has 1 amide bonds. The minimum atomic E-state index is -0.775. The number of fused-ring (bicyclic) bond motifs is 1.